The zero-order valence-electron chi connectivity index (χ0n) is 8.24. The molecular formula is C8H15F3N2O. The topological polar surface area (TPSA) is 41.1 Å². The smallest absolute Gasteiger partial charge is 0.355 e. The number of carbonyl (C=O) groups is 1. The predicted molar refractivity (Wildman–Crippen MR) is 46.8 cm³/mol. The van der Waals surface area contributed by atoms with Crippen LogP contribution >= 0.6 is 0 Å². The quantitative estimate of drug-likeness (QED) is 0.711. The first-order valence-corrected chi connectivity index (χ1v) is 4.33. The summed E-state index contributed by atoms with van der Waals surface area (Å²) in [6.45, 7) is 2.76. The lowest BCUT2D eigenvalue weighted by Gasteiger charge is -2.12. The molecule has 2 N–H and O–H groups in total. The van der Waals surface area contributed by atoms with Crippen LogP contribution in [0, 0.1) is 5.92 Å². The van der Waals surface area contributed by atoms with Crippen LogP contribution in [0.4, 0.5) is 13.2 Å². The van der Waals surface area contributed by atoms with E-state index in [9.17, 15) is 18.0 Å². The summed E-state index contributed by atoms with van der Waals surface area (Å²) in [7, 11) is 1.74. The maximum absolute atomic E-state index is 11.7. The van der Waals surface area contributed by atoms with E-state index in [0.29, 0.717) is 6.54 Å². The van der Waals surface area contributed by atoms with Gasteiger partial charge in [-0.15, -0.1) is 0 Å². The van der Waals surface area contributed by atoms with Crippen molar-refractivity contribution in [3.8, 4) is 0 Å². The van der Waals surface area contributed by atoms with Crippen molar-refractivity contribution in [1.29, 1.82) is 0 Å². The van der Waals surface area contributed by atoms with Gasteiger partial charge in [0.2, 0.25) is 5.91 Å². The van der Waals surface area contributed by atoms with Gasteiger partial charge in [-0.2, -0.15) is 13.2 Å². The SMILES string of the molecule is CNCC(C)CNC(=O)CC(F)(F)F. The van der Waals surface area contributed by atoms with Crippen LogP contribution in [0.25, 0.3) is 0 Å². The summed E-state index contributed by atoms with van der Waals surface area (Å²) in [5, 5.41) is 5.09. The summed E-state index contributed by atoms with van der Waals surface area (Å²) in [6.07, 6.45) is -5.82. The largest absolute Gasteiger partial charge is 0.397 e. The Hall–Kier alpha value is -0.780. The van der Waals surface area contributed by atoms with Crippen molar-refractivity contribution in [3.05, 3.63) is 0 Å². The number of alkyl halides is 3. The molecule has 0 spiro atoms. The summed E-state index contributed by atoms with van der Waals surface area (Å²) in [5.41, 5.74) is 0. The molecule has 84 valence electrons. The van der Waals surface area contributed by atoms with E-state index >= 15 is 0 Å². The number of rotatable bonds is 5. The van der Waals surface area contributed by atoms with Gasteiger partial charge in [-0.3, -0.25) is 4.79 Å². The Morgan fingerprint density at radius 1 is 1.36 bits per heavy atom. The van der Waals surface area contributed by atoms with Crippen LogP contribution in [0.3, 0.4) is 0 Å². The molecule has 0 aromatic heterocycles. The highest BCUT2D eigenvalue weighted by molar-refractivity contribution is 5.76. The lowest BCUT2D eigenvalue weighted by Crippen LogP contribution is -2.34. The highest BCUT2D eigenvalue weighted by Crippen LogP contribution is 2.18. The van der Waals surface area contributed by atoms with Crippen LogP contribution in [0.15, 0.2) is 0 Å². The molecule has 0 saturated heterocycles. The van der Waals surface area contributed by atoms with E-state index < -0.39 is 18.5 Å². The number of halogens is 3. The third-order valence-corrected chi connectivity index (χ3v) is 1.56. The van der Waals surface area contributed by atoms with Crippen molar-refractivity contribution in [1.82, 2.24) is 10.6 Å². The Morgan fingerprint density at radius 2 is 1.93 bits per heavy atom. The average Bonchev–Trinajstić information content (AvgIpc) is 1.98. The van der Waals surface area contributed by atoms with Crippen LogP contribution in [-0.4, -0.2) is 32.2 Å². The molecule has 0 aromatic rings. The van der Waals surface area contributed by atoms with Gasteiger partial charge in [0, 0.05) is 6.54 Å². The number of hydrogen-bond acceptors (Lipinski definition) is 2. The fourth-order valence-corrected chi connectivity index (χ4v) is 0.953. The van der Waals surface area contributed by atoms with Gasteiger partial charge >= 0.3 is 6.18 Å². The number of nitrogens with one attached hydrogen (secondary N) is 2. The Bertz CT molecular complexity index is 182. The van der Waals surface area contributed by atoms with Crippen molar-refractivity contribution < 1.29 is 18.0 Å². The third-order valence-electron chi connectivity index (χ3n) is 1.56. The minimum absolute atomic E-state index is 0.122. The van der Waals surface area contributed by atoms with E-state index in [0.717, 1.165) is 0 Å². The zero-order valence-corrected chi connectivity index (χ0v) is 8.24. The maximum Gasteiger partial charge on any atom is 0.397 e. The molecule has 0 fully saturated rings. The molecule has 0 bridgehead atoms. The van der Waals surface area contributed by atoms with E-state index in [1.54, 1.807) is 7.05 Å². The summed E-state index contributed by atoms with van der Waals surface area (Å²) in [6, 6.07) is 0. The Labute approximate surface area is 81.1 Å². The van der Waals surface area contributed by atoms with E-state index in [1.165, 1.54) is 0 Å². The van der Waals surface area contributed by atoms with Crippen molar-refractivity contribution >= 4 is 5.91 Å². The molecule has 1 unspecified atom stereocenters. The van der Waals surface area contributed by atoms with E-state index in [-0.39, 0.29) is 12.5 Å². The van der Waals surface area contributed by atoms with Gasteiger partial charge in [0.05, 0.1) is 0 Å². The second-order valence-electron chi connectivity index (χ2n) is 3.26. The Balaban J connectivity index is 3.64. The predicted octanol–water partition coefficient (Wildman–Crippen LogP) is 0.910. The molecule has 0 aromatic carbocycles. The van der Waals surface area contributed by atoms with Gasteiger partial charge in [0.25, 0.3) is 0 Å². The molecule has 1 atom stereocenters. The number of hydrogen-bond donors (Lipinski definition) is 2. The van der Waals surface area contributed by atoms with Crippen molar-refractivity contribution in [3.63, 3.8) is 0 Å². The van der Waals surface area contributed by atoms with Gasteiger partial charge in [-0.05, 0) is 19.5 Å². The Morgan fingerprint density at radius 3 is 2.36 bits per heavy atom. The zero-order chi connectivity index (χ0) is 11.2. The summed E-state index contributed by atoms with van der Waals surface area (Å²) in [4.78, 5) is 10.7. The molecule has 0 aliphatic carbocycles. The first-order chi connectivity index (χ1) is 6.35. The lowest BCUT2D eigenvalue weighted by molar-refractivity contribution is -0.153. The molecule has 0 aliphatic heterocycles. The first-order valence-electron chi connectivity index (χ1n) is 4.33. The average molecular weight is 212 g/mol. The second kappa shape index (κ2) is 5.85. The molecule has 1 amide bonds. The molecule has 6 heteroatoms. The minimum Gasteiger partial charge on any atom is -0.355 e. The van der Waals surface area contributed by atoms with Gasteiger partial charge < -0.3 is 10.6 Å². The monoisotopic (exact) mass is 212 g/mol. The Kier molecular flexibility index (Phi) is 5.52. The molecule has 0 rings (SSSR count). The first kappa shape index (κ1) is 13.2. The van der Waals surface area contributed by atoms with Crippen LogP contribution in [0.2, 0.25) is 0 Å². The van der Waals surface area contributed by atoms with Gasteiger partial charge in [-0.1, -0.05) is 6.92 Å². The fraction of sp³-hybridized carbons (Fsp3) is 0.875. The van der Waals surface area contributed by atoms with E-state index in [2.05, 4.69) is 10.6 Å². The van der Waals surface area contributed by atoms with Crippen LogP contribution < -0.4 is 10.6 Å². The third kappa shape index (κ3) is 7.85. The molecule has 3 nitrogen and oxygen atoms in total. The molecule has 0 aliphatic rings. The number of amides is 1. The maximum atomic E-state index is 11.7. The molecule has 0 radical (unpaired) electrons. The van der Waals surface area contributed by atoms with Crippen molar-refractivity contribution in [2.45, 2.75) is 19.5 Å². The second-order valence-corrected chi connectivity index (χ2v) is 3.26. The van der Waals surface area contributed by atoms with E-state index in [4.69, 9.17) is 0 Å². The van der Waals surface area contributed by atoms with Gasteiger partial charge in [0.1, 0.15) is 6.42 Å². The fourth-order valence-electron chi connectivity index (χ4n) is 0.953. The summed E-state index contributed by atoms with van der Waals surface area (Å²) >= 11 is 0. The van der Waals surface area contributed by atoms with Gasteiger partial charge in [-0.25, -0.2) is 0 Å². The van der Waals surface area contributed by atoms with Gasteiger partial charge in [0.15, 0.2) is 0 Å². The van der Waals surface area contributed by atoms with E-state index in [1.807, 2.05) is 6.92 Å². The number of carbonyl (C=O) groups excluding carboxylic acids is 1. The van der Waals surface area contributed by atoms with Crippen molar-refractivity contribution in [2.75, 3.05) is 20.1 Å². The van der Waals surface area contributed by atoms with Crippen LogP contribution in [0.5, 0.6) is 0 Å². The summed E-state index contributed by atoms with van der Waals surface area (Å²) < 4.78 is 35.1. The lowest BCUT2D eigenvalue weighted by atomic mass is 10.2. The molecule has 14 heavy (non-hydrogen) atoms. The van der Waals surface area contributed by atoms with Crippen LogP contribution in [-0.2, 0) is 4.79 Å². The standard InChI is InChI=1S/C8H15F3N2O/c1-6(4-12-2)5-13-7(14)3-8(9,10)11/h6,12H,3-5H2,1-2H3,(H,13,14). The highest BCUT2D eigenvalue weighted by Gasteiger charge is 2.30. The molecule has 0 saturated carbocycles. The normalized spacial score (nSPS) is 13.8. The minimum atomic E-state index is -4.42. The molecular weight excluding hydrogens is 197 g/mol. The highest BCUT2D eigenvalue weighted by atomic mass is 19.4. The molecule has 0 heterocycles. The van der Waals surface area contributed by atoms with Crippen molar-refractivity contribution in [2.24, 2.45) is 5.92 Å². The van der Waals surface area contributed by atoms with Crippen LogP contribution in [0.1, 0.15) is 13.3 Å². The summed E-state index contributed by atoms with van der Waals surface area (Å²) in [5.74, 6) is -0.849.